The highest BCUT2D eigenvalue weighted by molar-refractivity contribution is 7.47. The van der Waals surface area contributed by atoms with Gasteiger partial charge >= 0.3 is 7.82 Å². The number of rotatable bonds is 61. The Morgan fingerprint density at radius 2 is 0.702 bits per heavy atom. The third kappa shape index (κ3) is 39.6. The lowest BCUT2D eigenvalue weighted by atomic mass is 9.78. The van der Waals surface area contributed by atoms with Crippen molar-refractivity contribution in [3.8, 4) is 0 Å². The summed E-state index contributed by atoms with van der Waals surface area (Å²) in [6, 6.07) is -3.21. The highest BCUT2D eigenvalue weighted by Crippen LogP contribution is 2.42. The Hall–Kier alpha value is -5.18. The molecule has 0 radical (unpaired) electrons. The number of carbonyl (C=O) groups excluding carboxylic acids is 9. The summed E-state index contributed by atoms with van der Waals surface area (Å²) < 4.78 is 73.5. The first-order valence-electron chi connectivity index (χ1n) is 40.3. The van der Waals surface area contributed by atoms with Crippen LogP contribution in [-0.2, 0) is 99.4 Å². The fraction of sp³-hybridized carbons (Fsp3) is 0.878. The van der Waals surface area contributed by atoms with Crippen molar-refractivity contribution >= 4 is 60.9 Å². The van der Waals surface area contributed by atoms with Gasteiger partial charge in [0.05, 0.1) is 66.1 Å². The Kier molecular flexibility index (Phi) is 50.7. The Labute approximate surface area is 667 Å². The van der Waals surface area contributed by atoms with E-state index < -0.39 is 149 Å². The molecule has 40 heteroatoms. The minimum absolute atomic E-state index is 0.00608. The molecule has 16 unspecified atom stereocenters. The van der Waals surface area contributed by atoms with Crippen molar-refractivity contribution < 1.29 is 150 Å². The van der Waals surface area contributed by atoms with Gasteiger partial charge in [0.1, 0.15) is 84.4 Å². The summed E-state index contributed by atoms with van der Waals surface area (Å²) in [7, 11) is -2.94. The number of hydrogen-bond donors (Lipinski definition) is 18. The van der Waals surface area contributed by atoms with Crippen LogP contribution in [0.15, 0.2) is 0 Å². The molecule has 0 aromatic rings. The van der Waals surface area contributed by atoms with Crippen molar-refractivity contribution in [2.75, 3.05) is 119 Å². The number of phosphoric acid groups is 1. The summed E-state index contributed by atoms with van der Waals surface area (Å²) in [5.74, 6) is -3.87. The van der Waals surface area contributed by atoms with Crippen molar-refractivity contribution in [2.45, 2.75) is 285 Å². The summed E-state index contributed by atoms with van der Waals surface area (Å²) in [6.45, 7) is 2.90. The van der Waals surface area contributed by atoms with Gasteiger partial charge in [0.25, 0.3) is 0 Å². The van der Waals surface area contributed by atoms with Gasteiger partial charge in [-0.15, -0.1) is 0 Å². The van der Waals surface area contributed by atoms with Crippen LogP contribution in [0.2, 0.25) is 0 Å². The van der Waals surface area contributed by atoms with E-state index in [1.165, 1.54) is 20.8 Å². The standard InChI is InChI=1S/C74H133N8O31P/c1-48(86)79-61-67(97)64(94)54(42-83)111-71(61)107-35-17-9-5-13-32-76-58(91)28-39-104-45-74(46-105-40-29-59(92)77-33-14-6-10-18-36-108-72-62(80-49(2)87)68(98)65(95)55(43-84)112-72,47-106-41-30-60(93)78-34-15-7-11-19-37-109-73-63(81-50(3)88)69(99)66(96)56(44-85)113-73)82-70(100)52-26-24-51(25-27-52)53(89)22-21-23-57(90)75-31-16-8-12-20-38-110-114(101,102)103-4/h51-52,54-56,61-69,71-73,83-85,94-99H,5-47H2,1-4H3,(H,75,90)(H,76,91)(H,77,92)(H,78,93)(H,79,86)(H,80,87)(H,81,88)(H,82,100)(H,101,102). The van der Waals surface area contributed by atoms with Gasteiger partial charge < -0.3 is 136 Å². The van der Waals surface area contributed by atoms with Crippen molar-refractivity contribution in [3.05, 3.63) is 0 Å². The highest BCUT2D eigenvalue weighted by Gasteiger charge is 2.48. The van der Waals surface area contributed by atoms with Crippen LogP contribution in [0.5, 0.6) is 0 Å². The summed E-state index contributed by atoms with van der Waals surface area (Å²) in [5.41, 5.74) is -1.46. The number of carbonyl (C=O) groups is 9. The van der Waals surface area contributed by atoms with Gasteiger partial charge in [0.2, 0.25) is 47.3 Å². The zero-order valence-electron chi connectivity index (χ0n) is 66.7. The Morgan fingerprint density at radius 3 is 1.02 bits per heavy atom. The molecule has 3 saturated heterocycles. The molecule has 16 atom stereocenters. The van der Waals surface area contributed by atoms with Crippen molar-refractivity contribution in [2.24, 2.45) is 11.8 Å². The molecule has 0 bridgehead atoms. The summed E-state index contributed by atoms with van der Waals surface area (Å²) in [5, 5.41) is 114. The predicted molar refractivity (Wildman–Crippen MR) is 404 cm³/mol. The number of unbranched alkanes of at least 4 members (excludes halogenated alkanes) is 12. The van der Waals surface area contributed by atoms with Crippen molar-refractivity contribution in [1.82, 2.24) is 42.5 Å². The maximum absolute atomic E-state index is 14.6. The minimum atomic E-state index is -4.03. The topological polar surface area (TPSA) is 571 Å². The Bertz CT molecular complexity index is 2630. The van der Waals surface area contributed by atoms with Crippen LogP contribution < -0.4 is 42.5 Å². The molecule has 0 spiro atoms. The molecule has 0 aromatic heterocycles. The van der Waals surface area contributed by atoms with Crippen LogP contribution in [-0.4, -0.2) is 321 Å². The monoisotopic (exact) mass is 1660 g/mol. The van der Waals surface area contributed by atoms with Crippen LogP contribution in [0, 0.1) is 11.8 Å². The smallest absolute Gasteiger partial charge is 0.394 e. The maximum atomic E-state index is 14.6. The number of ketones is 1. The fourth-order valence-corrected chi connectivity index (χ4v) is 13.9. The van der Waals surface area contributed by atoms with Crippen LogP contribution in [0.4, 0.5) is 0 Å². The molecule has 1 saturated carbocycles. The van der Waals surface area contributed by atoms with E-state index >= 15 is 0 Å². The zero-order valence-corrected chi connectivity index (χ0v) is 67.6. The molecular formula is C74H133N8O31P. The quantitative estimate of drug-likeness (QED) is 0.0230. The number of aliphatic hydroxyl groups excluding tert-OH is 9. The third-order valence-electron chi connectivity index (χ3n) is 20.0. The molecule has 0 aromatic carbocycles. The van der Waals surface area contributed by atoms with Crippen LogP contribution in [0.25, 0.3) is 0 Å². The Balaban J connectivity index is 1.35. The molecule has 4 rings (SSSR count). The largest absolute Gasteiger partial charge is 0.471 e. The molecule has 4 aliphatic rings. The van der Waals surface area contributed by atoms with Gasteiger partial charge in [0, 0.05) is 118 Å². The van der Waals surface area contributed by atoms with E-state index in [1.807, 2.05) is 0 Å². The second-order valence-corrected chi connectivity index (χ2v) is 31.1. The first-order valence-corrected chi connectivity index (χ1v) is 41.8. The maximum Gasteiger partial charge on any atom is 0.471 e. The number of ether oxygens (including phenoxy) is 9. The lowest BCUT2D eigenvalue weighted by Crippen LogP contribution is -2.64. The van der Waals surface area contributed by atoms with Crippen LogP contribution >= 0.6 is 7.82 Å². The molecular weight excluding hydrogens is 1530 g/mol. The van der Waals surface area contributed by atoms with Crippen molar-refractivity contribution in [3.63, 3.8) is 0 Å². The fourth-order valence-electron chi connectivity index (χ4n) is 13.5. The van der Waals surface area contributed by atoms with Gasteiger partial charge in [-0.05, 0) is 83.5 Å². The van der Waals surface area contributed by atoms with Crippen LogP contribution in [0.1, 0.15) is 188 Å². The van der Waals surface area contributed by atoms with E-state index in [-0.39, 0.29) is 139 Å². The van der Waals surface area contributed by atoms with Crippen LogP contribution in [0.3, 0.4) is 0 Å². The molecule has 660 valence electrons. The van der Waals surface area contributed by atoms with Gasteiger partial charge in [-0.1, -0.05) is 51.4 Å². The van der Waals surface area contributed by atoms with Gasteiger partial charge in [0.15, 0.2) is 18.9 Å². The molecule has 114 heavy (non-hydrogen) atoms. The SMILES string of the molecule is COP(=O)(O)OCCCCCCNC(=O)CCCC(=O)C1CCC(C(=O)NC(COCCC(=O)NCCCCCCOC2OC(CO)C(O)C(O)C2NC(C)=O)(COCCC(=O)NCCCCCCOC2OC(CO)C(O)C(O)C2NC(C)=O)COCCC(=O)NCCCCCCOC2OC(CO)C(O)C(O)C2NC(C)=O)CC1. The second-order valence-electron chi connectivity index (χ2n) is 29.5. The summed E-state index contributed by atoms with van der Waals surface area (Å²) in [4.78, 5) is 125. The van der Waals surface area contributed by atoms with Gasteiger partial charge in [-0.25, -0.2) is 4.57 Å². The molecule has 4 fully saturated rings. The number of aliphatic hydroxyl groups is 9. The number of hydrogen-bond acceptors (Lipinski definition) is 30. The average Bonchev–Trinajstić information content (AvgIpc) is 0.822. The minimum Gasteiger partial charge on any atom is -0.394 e. The molecule has 18 N–H and O–H groups in total. The lowest BCUT2D eigenvalue weighted by molar-refractivity contribution is -0.270. The molecule has 39 nitrogen and oxygen atoms in total. The van der Waals surface area contributed by atoms with Gasteiger partial charge in [-0.3, -0.25) is 52.2 Å². The highest BCUT2D eigenvalue weighted by atomic mass is 31.2. The molecule has 1 aliphatic carbocycles. The molecule has 3 heterocycles. The number of Topliss-reactive ketones (excluding diaryl/α,β-unsaturated/α-hetero) is 1. The van der Waals surface area contributed by atoms with E-state index in [0.29, 0.717) is 155 Å². The van der Waals surface area contributed by atoms with E-state index in [4.69, 9.17) is 47.2 Å². The number of phosphoric ester groups is 1. The number of amides is 8. The summed E-state index contributed by atoms with van der Waals surface area (Å²) in [6.07, 6.45) is -3.20. The first-order chi connectivity index (χ1) is 54.6. The predicted octanol–water partition coefficient (Wildman–Crippen LogP) is -2.04. The Morgan fingerprint density at radius 1 is 0.395 bits per heavy atom. The van der Waals surface area contributed by atoms with Crippen molar-refractivity contribution in [1.29, 1.82) is 0 Å². The van der Waals surface area contributed by atoms with E-state index in [0.717, 1.165) is 13.5 Å². The van der Waals surface area contributed by atoms with Gasteiger partial charge in [-0.2, -0.15) is 0 Å². The zero-order chi connectivity index (χ0) is 83.9. The number of nitrogens with one attached hydrogen (secondary N) is 8. The normalized spacial score (nSPS) is 26.7. The average molecular weight is 1660 g/mol. The lowest BCUT2D eigenvalue weighted by Gasteiger charge is -2.42. The third-order valence-corrected chi connectivity index (χ3v) is 21.0. The van der Waals surface area contributed by atoms with E-state index in [9.17, 15) is 98.6 Å². The summed E-state index contributed by atoms with van der Waals surface area (Å²) >= 11 is 0. The second kappa shape index (κ2) is 57.1. The van der Waals surface area contributed by atoms with E-state index in [1.54, 1.807) is 0 Å². The van der Waals surface area contributed by atoms with E-state index in [2.05, 4.69) is 47.1 Å². The molecule has 3 aliphatic heterocycles. The first kappa shape index (κ1) is 101. The molecule has 8 amide bonds.